The number of amidine groups is 1. The van der Waals surface area contributed by atoms with Gasteiger partial charge in [0, 0.05) is 11.6 Å². The van der Waals surface area contributed by atoms with E-state index in [4.69, 9.17) is 15.9 Å². The molecule has 104 valence electrons. The van der Waals surface area contributed by atoms with Crippen LogP contribution >= 0.6 is 0 Å². The van der Waals surface area contributed by atoms with E-state index in [9.17, 15) is 0 Å². The number of nitrogen functional groups attached to an aromatic ring is 1. The fourth-order valence-corrected chi connectivity index (χ4v) is 2.33. The number of nitrogens with two attached hydrogens (primary N) is 1. The third-order valence-electron chi connectivity index (χ3n) is 3.35. The van der Waals surface area contributed by atoms with Crippen molar-refractivity contribution in [3.8, 4) is 11.6 Å². The summed E-state index contributed by atoms with van der Waals surface area (Å²) in [7, 11) is 0. The summed E-state index contributed by atoms with van der Waals surface area (Å²) >= 11 is 0. The molecule has 0 atom stereocenters. The molecule has 3 aromatic rings. The highest BCUT2D eigenvalue weighted by Gasteiger charge is 2.13. The molecule has 1 aromatic heterocycles. The van der Waals surface area contributed by atoms with E-state index in [1.165, 1.54) is 0 Å². The van der Waals surface area contributed by atoms with Crippen LogP contribution in [-0.4, -0.2) is 10.8 Å². The van der Waals surface area contributed by atoms with E-state index in [-0.39, 0.29) is 5.84 Å². The lowest BCUT2D eigenvalue weighted by Crippen LogP contribution is -2.14. The highest BCUT2D eigenvalue weighted by atomic mass is 16.5. The number of nitrogens with one attached hydrogen (secondary N) is 1. The molecule has 4 heteroatoms. The zero-order valence-electron chi connectivity index (χ0n) is 11.6. The number of hydrogen-bond donors (Lipinski definition) is 2. The van der Waals surface area contributed by atoms with E-state index in [1.807, 2.05) is 55.5 Å². The van der Waals surface area contributed by atoms with Crippen LogP contribution in [0.15, 0.2) is 54.7 Å². The van der Waals surface area contributed by atoms with Crippen LogP contribution in [0.3, 0.4) is 0 Å². The lowest BCUT2D eigenvalue weighted by atomic mass is 10.1. The molecule has 0 radical (unpaired) electrons. The second-order valence-corrected chi connectivity index (χ2v) is 4.80. The maximum Gasteiger partial charge on any atom is 0.230 e. The number of nitrogens with zero attached hydrogens (tertiary/aromatic N) is 1. The summed E-state index contributed by atoms with van der Waals surface area (Å²) < 4.78 is 5.93. The molecule has 0 saturated carbocycles. The topological polar surface area (TPSA) is 72.0 Å². The predicted octanol–water partition coefficient (Wildman–Crippen LogP) is 3.62. The molecule has 2 aromatic carbocycles. The minimum Gasteiger partial charge on any atom is -0.438 e. The molecule has 3 N–H and O–H groups in total. The SMILES string of the molecule is Cc1ccnc(Oc2cccc3ccccc23)c1C(=N)N. The van der Waals surface area contributed by atoms with E-state index in [0.717, 1.165) is 16.3 Å². The van der Waals surface area contributed by atoms with Gasteiger partial charge in [-0.05, 0) is 30.0 Å². The average molecular weight is 277 g/mol. The van der Waals surface area contributed by atoms with Crippen molar-refractivity contribution in [3.05, 3.63) is 65.9 Å². The Bertz CT molecular complexity index is 822. The average Bonchev–Trinajstić information content (AvgIpc) is 2.47. The maximum atomic E-state index is 7.70. The van der Waals surface area contributed by atoms with Gasteiger partial charge in [0.2, 0.25) is 5.88 Å². The minimum atomic E-state index is -0.0455. The number of pyridine rings is 1. The van der Waals surface area contributed by atoms with Crippen molar-refractivity contribution in [3.63, 3.8) is 0 Å². The Balaban J connectivity index is 2.12. The molecule has 4 nitrogen and oxygen atoms in total. The van der Waals surface area contributed by atoms with E-state index >= 15 is 0 Å². The van der Waals surface area contributed by atoms with E-state index < -0.39 is 0 Å². The van der Waals surface area contributed by atoms with Crippen molar-refractivity contribution in [1.29, 1.82) is 5.41 Å². The number of aromatic nitrogens is 1. The molecule has 0 aliphatic carbocycles. The lowest BCUT2D eigenvalue weighted by molar-refractivity contribution is 0.466. The third kappa shape index (κ3) is 2.43. The summed E-state index contributed by atoms with van der Waals surface area (Å²) in [6.45, 7) is 1.88. The number of fused-ring (bicyclic) bond motifs is 1. The summed E-state index contributed by atoms with van der Waals surface area (Å²) in [6.07, 6.45) is 1.65. The second kappa shape index (κ2) is 5.25. The Morgan fingerprint density at radius 1 is 1.10 bits per heavy atom. The molecule has 0 amide bonds. The molecular formula is C17H15N3O. The minimum absolute atomic E-state index is 0.0455. The summed E-state index contributed by atoms with van der Waals surface area (Å²) in [4.78, 5) is 4.22. The van der Waals surface area contributed by atoms with Gasteiger partial charge in [0.15, 0.2) is 0 Å². The van der Waals surface area contributed by atoms with Gasteiger partial charge in [-0.1, -0.05) is 36.4 Å². The largest absolute Gasteiger partial charge is 0.438 e. The summed E-state index contributed by atoms with van der Waals surface area (Å²) in [5.74, 6) is 1.02. The van der Waals surface area contributed by atoms with E-state index in [2.05, 4.69) is 4.98 Å². The van der Waals surface area contributed by atoms with Crippen LogP contribution in [0.1, 0.15) is 11.1 Å². The molecule has 0 bridgehead atoms. The van der Waals surface area contributed by atoms with Gasteiger partial charge < -0.3 is 10.5 Å². The molecule has 0 aliphatic heterocycles. The predicted molar refractivity (Wildman–Crippen MR) is 84.0 cm³/mol. The first kappa shape index (κ1) is 13.1. The number of aryl methyl sites for hydroxylation is 1. The van der Waals surface area contributed by atoms with Crippen molar-refractivity contribution < 1.29 is 4.74 Å². The van der Waals surface area contributed by atoms with E-state index in [0.29, 0.717) is 17.2 Å². The highest BCUT2D eigenvalue weighted by Crippen LogP contribution is 2.31. The fraction of sp³-hybridized carbons (Fsp3) is 0.0588. The molecular weight excluding hydrogens is 262 g/mol. The van der Waals surface area contributed by atoms with Gasteiger partial charge in [-0.3, -0.25) is 5.41 Å². The van der Waals surface area contributed by atoms with Crippen molar-refractivity contribution in [2.24, 2.45) is 5.73 Å². The van der Waals surface area contributed by atoms with Gasteiger partial charge in [0.05, 0.1) is 5.56 Å². The molecule has 3 rings (SSSR count). The number of ether oxygens (including phenoxy) is 1. The van der Waals surface area contributed by atoms with E-state index in [1.54, 1.807) is 6.20 Å². The Hall–Kier alpha value is -2.88. The van der Waals surface area contributed by atoms with Crippen LogP contribution in [0.5, 0.6) is 11.6 Å². The summed E-state index contributed by atoms with van der Waals surface area (Å²) in [5, 5.41) is 9.79. The number of rotatable bonds is 3. The molecule has 21 heavy (non-hydrogen) atoms. The van der Waals surface area contributed by atoms with Gasteiger partial charge in [-0.2, -0.15) is 0 Å². The van der Waals surface area contributed by atoms with Gasteiger partial charge in [0.25, 0.3) is 0 Å². The van der Waals surface area contributed by atoms with Crippen LogP contribution in [0.4, 0.5) is 0 Å². The first-order valence-corrected chi connectivity index (χ1v) is 6.62. The smallest absolute Gasteiger partial charge is 0.230 e. The zero-order chi connectivity index (χ0) is 14.8. The van der Waals surface area contributed by atoms with Crippen LogP contribution in [0.25, 0.3) is 10.8 Å². The Morgan fingerprint density at radius 3 is 2.67 bits per heavy atom. The zero-order valence-corrected chi connectivity index (χ0v) is 11.6. The molecule has 0 saturated heterocycles. The van der Waals surface area contributed by atoms with Crippen molar-refractivity contribution in [2.75, 3.05) is 0 Å². The number of benzene rings is 2. The normalized spacial score (nSPS) is 10.5. The quantitative estimate of drug-likeness (QED) is 0.567. The Kier molecular flexibility index (Phi) is 3.28. The first-order valence-electron chi connectivity index (χ1n) is 6.62. The third-order valence-corrected chi connectivity index (χ3v) is 3.35. The van der Waals surface area contributed by atoms with Crippen molar-refractivity contribution in [2.45, 2.75) is 6.92 Å². The highest BCUT2D eigenvalue weighted by molar-refractivity contribution is 5.98. The van der Waals surface area contributed by atoms with Crippen molar-refractivity contribution >= 4 is 16.6 Å². The van der Waals surface area contributed by atoms with Crippen molar-refractivity contribution in [1.82, 2.24) is 4.98 Å². The summed E-state index contributed by atoms with van der Waals surface area (Å²) in [5.41, 5.74) is 7.05. The van der Waals surface area contributed by atoms with Crippen LogP contribution < -0.4 is 10.5 Å². The number of hydrogen-bond acceptors (Lipinski definition) is 3. The first-order chi connectivity index (χ1) is 10.2. The fourth-order valence-electron chi connectivity index (χ4n) is 2.33. The molecule has 0 unspecified atom stereocenters. The molecule has 0 fully saturated rings. The maximum absolute atomic E-state index is 7.70. The van der Waals surface area contributed by atoms with Gasteiger partial charge in [-0.15, -0.1) is 0 Å². The monoisotopic (exact) mass is 277 g/mol. The molecule has 0 spiro atoms. The Labute approximate surface area is 122 Å². The van der Waals surface area contributed by atoms with Gasteiger partial charge in [-0.25, -0.2) is 4.98 Å². The van der Waals surface area contributed by atoms with Crippen LogP contribution in [0.2, 0.25) is 0 Å². The second-order valence-electron chi connectivity index (χ2n) is 4.80. The molecule has 1 heterocycles. The standard InChI is InChI=1S/C17H15N3O/c1-11-9-10-20-17(15(11)16(18)19)21-14-8-4-6-12-5-2-3-7-13(12)14/h2-10H,1H3,(H3,18,19). The summed E-state index contributed by atoms with van der Waals surface area (Å²) in [6, 6.07) is 15.6. The van der Waals surface area contributed by atoms with Crippen LogP contribution in [-0.2, 0) is 0 Å². The van der Waals surface area contributed by atoms with Gasteiger partial charge >= 0.3 is 0 Å². The Morgan fingerprint density at radius 2 is 1.86 bits per heavy atom. The van der Waals surface area contributed by atoms with Gasteiger partial charge in [0.1, 0.15) is 11.6 Å². The van der Waals surface area contributed by atoms with Crippen LogP contribution in [0, 0.1) is 12.3 Å². The lowest BCUT2D eigenvalue weighted by Gasteiger charge is -2.12. The molecule has 0 aliphatic rings.